The zero-order valence-corrected chi connectivity index (χ0v) is 9.11. The highest BCUT2D eigenvalue weighted by Crippen LogP contribution is 2.16. The molecule has 1 aromatic rings. The van der Waals surface area contributed by atoms with Crippen molar-refractivity contribution in [1.29, 1.82) is 0 Å². The summed E-state index contributed by atoms with van der Waals surface area (Å²) in [5, 5.41) is 4.42. The highest BCUT2D eigenvalue weighted by molar-refractivity contribution is 6.20. The van der Waals surface area contributed by atoms with Gasteiger partial charge < -0.3 is 0 Å². The summed E-state index contributed by atoms with van der Waals surface area (Å²) in [6.07, 6.45) is 3.77. The first-order valence-corrected chi connectivity index (χ1v) is 5.38. The highest BCUT2D eigenvalue weighted by Gasteiger charge is 2.18. The molecule has 4 nitrogen and oxygen atoms in total. The third-order valence-electron chi connectivity index (χ3n) is 2.69. The van der Waals surface area contributed by atoms with Gasteiger partial charge in [0.25, 0.3) is 0 Å². The molecule has 1 aliphatic rings. The van der Waals surface area contributed by atoms with Crippen molar-refractivity contribution in [3.8, 4) is 0 Å². The summed E-state index contributed by atoms with van der Waals surface area (Å²) < 4.78 is 1.83. The van der Waals surface area contributed by atoms with Crippen molar-refractivity contribution in [2.75, 3.05) is 13.1 Å². The van der Waals surface area contributed by atoms with E-state index < -0.39 is 0 Å². The lowest BCUT2D eigenvalue weighted by Gasteiger charge is -2.28. The molecule has 0 unspecified atom stereocenters. The summed E-state index contributed by atoms with van der Waals surface area (Å²) >= 11 is 6.04. The number of hydrogen-bond donors (Lipinski definition) is 0. The van der Waals surface area contributed by atoms with Gasteiger partial charge in [-0.15, -0.1) is 11.6 Å². The van der Waals surface area contributed by atoms with Crippen molar-refractivity contribution in [1.82, 2.24) is 19.7 Å². The van der Waals surface area contributed by atoms with E-state index in [9.17, 15) is 0 Å². The molecule has 0 aromatic carbocycles. The second kappa shape index (κ2) is 4.28. The van der Waals surface area contributed by atoms with Gasteiger partial charge in [0.1, 0.15) is 12.2 Å². The average molecular weight is 215 g/mol. The van der Waals surface area contributed by atoms with Crippen LogP contribution < -0.4 is 0 Å². The maximum absolute atomic E-state index is 6.04. The van der Waals surface area contributed by atoms with Crippen LogP contribution in [0.3, 0.4) is 0 Å². The van der Waals surface area contributed by atoms with Gasteiger partial charge in [0, 0.05) is 25.5 Å². The van der Waals surface area contributed by atoms with Crippen LogP contribution >= 0.6 is 11.6 Å². The monoisotopic (exact) mass is 214 g/mol. The van der Waals surface area contributed by atoms with Crippen LogP contribution in [0.2, 0.25) is 0 Å². The molecule has 1 saturated heterocycles. The lowest BCUT2D eigenvalue weighted by molar-refractivity contribution is 0.215. The molecule has 1 aliphatic heterocycles. The van der Waals surface area contributed by atoms with Crippen LogP contribution in [0.1, 0.15) is 18.7 Å². The van der Waals surface area contributed by atoms with Crippen molar-refractivity contribution in [2.24, 2.45) is 7.05 Å². The molecule has 0 radical (unpaired) electrons. The lowest BCUT2D eigenvalue weighted by atomic mass is 10.1. The standard InChI is InChI=1S/C9H15ClN4/c1-13-9(11-7-12-13)6-14-4-2-8(10)3-5-14/h7-8H,2-6H2,1H3. The summed E-state index contributed by atoms with van der Waals surface area (Å²) in [7, 11) is 1.93. The van der Waals surface area contributed by atoms with Gasteiger partial charge in [0.15, 0.2) is 0 Å². The molecular formula is C9H15ClN4. The van der Waals surface area contributed by atoms with E-state index in [-0.39, 0.29) is 0 Å². The third kappa shape index (κ3) is 2.25. The fourth-order valence-corrected chi connectivity index (χ4v) is 1.92. The number of nitrogens with zero attached hydrogens (tertiary/aromatic N) is 4. The summed E-state index contributed by atoms with van der Waals surface area (Å²) in [6, 6.07) is 0. The number of piperidine rings is 1. The Balaban J connectivity index is 1.89. The second-order valence-electron chi connectivity index (χ2n) is 3.75. The van der Waals surface area contributed by atoms with Gasteiger partial charge >= 0.3 is 0 Å². The molecule has 0 amide bonds. The maximum atomic E-state index is 6.04. The van der Waals surface area contributed by atoms with E-state index in [4.69, 9.17) is 11.6 Å². The third-order valence-corrected chi connectivity index (χ3v) is 3.12. The number of likely N-dealkylation sites (tertiary alicyclic amines) is 1. The van der Waals surface area contributed by atoms with Crippen LogP contribution in [-0.2, 0) is 13.6 Å². The first kappa shape index (κ1) is 9.93. The van der Waals surface area contributed by atoms with Crippen molar-refractivity contribution >= 4 is 11.6 Å². The zero-order chi connectivity index (χ0) is 9.97. The van der Waals surface area contributed by atoms with E-state index in [0.29, 0.717) is 5.38 Å². The van der Waals surface area contributed by atoms with E-state index in [2.05, 4.69) is 15.0 Å². The molecule has 1 fully saturated rings. The topological polar surface area (TPSA) is 34.0 Å². The smallest absolute Gasteiger partial charge is 0.140 e. The average Bonchev–Trinajstić information content (AvgIpc) is 2.56. The van der Waals surface area contributed by atoms with Crippen molar-refractivity contribution < 1.29 is 0 Å². The Hall–Kier alpha value is -0.610. The number of aromatic nitrogens is 3. The quantitative estimate of drug-likeness (QED) is 0.690. The first-order chi connectivity index (χ1) is 6.75. The number of halogens is 1. The van der Waals surface area contributed by atoms with Crippen LogP contribution in [0.4, 0.5) is 0 Å². The van der Waals surface area contributed by atoms with Gasteiger partial charge in [0.2, 0.25) is 0 Å². The molecule has 0 atom stereocenters. The SMILES string of the molecule is Cn1ncnc1CN1CCC(Cl)CC1. The van der Waals surface area contributed by atoms with Gasteiger partial charge in [-0.3, -0.25) is 9.58 Å². The Morgan fingerprint density at radius 3 is 2.79 bits per heavy atom. The maximum Gasteiger partial charge on any atom is 0.140 e. The minimum absolute atomic E-state index is 0.366. The van der Waals surface area contributed by atoms with Crippen molar-refractivity contribution in [3.05, 3.63) is 12.2 Å². The van der Waals surface area contributed by atoms with Gasteiger partial charge in [-0.2, -0.15) is 5.10 Å². The number of rotatable bonds is 2. The molecule has 0 N–H and O–H groups in total. The van der Waals surface area contributed by atoms with Crippen molar-refractivity contribution in [3.63, 3.8) is 0 Å². The molecule has 2 rings (SSSR count). The second-order valence-corrected chi connectivity index (χ2v) is 4.37. The van der Waals surface area contributed by atoms with E-state index in [1.807, 2.05) is 11.7 Å². The van der Waals surface area contributed by atoms with Crippen LogP contribution in [0.5, 0.6) is 0 Å². The summed E-state index contributed by atoms with van der Waals surface area (Å²) in [5.74, 6) is 1.03. The molecule has 0 spiro atoms. The van der Waals surface area contributed by atoms with Crippen LogP contribution in [0.25, 0.3) is 0 Å². The molecule has 78 valence electrons. The van der Waals surface area contributed by atoms with Gasteiger partial charge in [-0.25, -0.2) is 4.98 Å². The van der Waals surface area contributed by atoms with Crippen LogP contribution in [0.15, 0.2) is 6.33 Å². The Bertz CT molecular complexity index is 291. The minimum Gasteiger partial charge on any atom is -0.296 e. The first-order valence-electron chi connectivity index (χ1n) is 4.95. The molecular weight excluding hydrogens is 200 g/mol. The normalized spacial score (nSPS) is 20.1. The van der Waals surface area contributed by atoms with E-state index in [1.54, 1.807) is 6.33 Å². The highest BCUT2D eigenvalue weighted by atomic mass is 35.5. The zero-order valence-electron chi connectivity index (χ0n) is 8.36. The molecule has 1 aromatic heterocycles. The van der Waals surface area contributed by atoms with E-state index in [0.717, 1.165) is 38.3 Å². The van der Waals surface area contributed by atoms with Gasteiger partial charge in [-0.1, -0.05) is 0 Å². The fourth-order valence-electron chi connectivity index (χ4n) is 1.72. The Labute approximate surface area is 88.9 Å². The van der Waals surface area contributed by atoms with Gasteiger partial charge in [-0.05, 0) is 12.8 Å². The summed E-state index contributed by atoms with van der Waals surface area (Å²) in [5.41, 5.74) is 0. The molecule has 0 bridgehead atoms. The molecule has 14 heavy (non-hydrogen) atoms. The molecule has 0 aliphatic carbocycles. The fraction of sp³-hybridized carbons (Fsp3) is 0.778. The molecule has 5 heteroatoms. The Morgan fingerprint density at radius 2 is 2.21 bits per heavy atom. The molecule has 2 heterocycles. The summed E-state index contributed by atoms with van der Waals surface area (Å²) in [6.45, 7) is 3.03. The summed E-state index contributed by atoms with van der Waals surface area (Å²) in [4.78, 5) is 6.58. The molecule has 0 saturated carbocycles. The lowest BCUT2D eigenvalue weighted by Crippen LogP contribution is -2.34. The van der Waals surface area contributed by atoms with Gasteiger partial charge in [0.05, 0.1) is 6.54 Å². The predicted molar refractivity (Wildman–Crippen MR) is 55.2 cm³/mol. The van der Waals surface area contributed by atoms with Crippen molar-refractivity contribution in [2.45, 2.75) is 24.8 Å². The number of alkyl halides is 1. The Morgan fingerprint density at radius 1 is 1.50 bits per heavy atom. The van der Waals surface area contributed by atoms with Crippen LogP contribution in [0, 0.1) is 0 Å². The largest absolute Gasteiger partial charge is 0.296 e. The van der Waals surface area contributed by atoms with E-state index in [1.165, 1.54) is 0 Å². The Kier molecular flexibility index (Phi) is 3.03. The predicted octanol–water partition coefficient (Wildman–Crippen LogP) is 1.02. The number of aryl methyl sites for hydroxylation is 1. The van der Waals surface area contributed by atoms with Crippen LogP contribution in [-0.4, -0.2) is 38.1 Å². The van der Waals surface area contributed by atoms with E-state index >= 15 is 0 Å². The minimum atomic E-state index is 0.366. The number of hydrogen-bond acceptors (Lipinski definition) is 3.